The first-order chi connectivity index (χ1) is 14.7. The average Bonchev–Trinajstić information content (AvgIpc) is 3.16. The summed E-state index contributed by atoms with van der Waals surface area (Å²) in [5, 5.41) is 19.7. The van der Waals surface area contributed by atoms with Crippen LogP contribution in [0.1, 0.15) is 31.7 Å². The highest BCUT2D eigenvalue weighted by Crippen LogP contribution is 2.46. The smallest absolute Gasteiger partial charge is 0.165 e. The van der Waals surface area contributed by atoms with Crippen molar-refractivity contribution in [2.24, 2.45) is 0 Å². The van der Waals surface area contributed by atoms with Gasteiger partial charge in [-0.25, -0.2) is 17.5 Å². The molecule has 1 saturated carbocycles. The summed E-state index contributed by atoms with van der Waals surface area (Å²) in [7, 11) is -3.61. The molecule has 2 aromatic heterocycles. The Balaban J connectivity index is 1.53. The van der Waals surface area contributed by atoms with Crippen LogP contribution in [0.15, 0.2) is 48.9 Å². The number of hydrogen-bond donors (Lipinski definition) is 2. The average molecular weight is 441 g/mol. The van der Waals surface area contributed by atoms with Crippen LogP contribution in [0.4, 0.5) is 4.39 Å². The zero-order valence-corrected chi connectivity index (χ0v) is 17.7. The number of halogens is 1. The first kappa shape index (κ1) is 19.8. The van der Waals surface area contributed by atoms with Crippen LogP contribution in [0.5, 0.6) is 0 Å². The molecule has 31 heavy (non-hydrogen) atoms. The lowest BCUT2D eigenvalue weighted by Crippen LogP contribution is -2.68. The van der Waals surface area contributed by atoms with Crippen LogP contribution in [0.3, 0.4) is 0 Å². The molecule has 0 bridgehead atoms. The minimum Gasteiger partial charge on any atom is -0.362 e. The second-order valence-corrected chi connectivity index (χ2v) is 10.7. The van der Waals surface area contributed by atoms with E-state index in [9.17, 15) is 12.8 Å². The predicted octanol–water partition coefficient (Wildman–Crippen LogP) is 2.60. The van der Waals surface area contributed by atoms with Gasteiger partial charge < -0.3 is 5.32 Å². The van der Waals surface area contributed by atoms with E-state index < -0.39 is 25.9 Å². The maximum Gasteiger partial charge on any atom is 0.165 e. The summed E-state index contributed by atoms with van der Waals surface area (Å²) in [6.07, 6.45) is 6.69. The van der Waals surface area contributed by atoms with E-state index in [0.717, 1.165) is 12.0 Å². The fourth-order valence-corrected chi connectivity index (χ4v) is 6.96. The molecule has 3 heterocycles. The van der Waals surface area contributed by atoms with E-state index in [0.29, 0.717) is 24.2 Å². The highest BCUT2D eigenvalue weighted by atomic mass is 32.2. The molecular weight excluding hydrogens is 419 g/mol. The van der Waals surface area contributed by atoms with Crippen molar-refractivity contribution in [3.05, 3.63) is 60.3 Å². The quantitative estimate of drug-likeness (QED) is 0.647. The lowest BCUT2D eigenvalue weighted by molar-refractivity contribution is 0.355. The number of rotatable bonds is 3. The second-order valence-electron chi connectivity index (χ2n) is 8.39. The van der Waals surface area contributed by atoms with Gasteiger partial charge in [0.25, 0.3) is 0 Å². The Labute approximate surface area is 178 Å². The summed E-state index contributed by atoms with van der Waals surface area (Å²) in [6.45, 7) is 1.62. The topological polar surface area (TPSA) is 114 Å². The van der Waals surface area contributed by atoms with Gasteiger partial charge in [-0.05, 0) is 56.5 Å². The van der Waals surface area contributed by atoms with Crippen molar-refractivity contribution in [3.63, 3.8) is 0 Å². The Bertz CT molecular complexity index is 1290. The molecule has 10 heteroatoms. The van der Waals surface area contributed by atoms with E-state index in [1.54, 1.807) is 43.7 Å². The Morgan fingerprint density at radius 3 is 2.71 bits per heavy atom. The van der Waals surface area contributed by atoms with Gasteiger partial charge in [0.05, 0.1) is 23.2 Å². The van der Waals surface area contributed by atoms with Gasteiger partial charge in [0.2, 0.25) is 0 Å². The number of pyridine rings is 1. The zero-order valence-electron chi connectivity index (χ0n) is 16.8. The first-order valence-electron chi connectivity index (χ1n) is 9.97. The van der Waals surface area contributed by atoms with Crippen LogP contribution in [-0.4, -0.2) is 44.7 Å². The number of nitrogens with one attached hydrogen (secondary N) is 2. The van der Waals surface area contributed by atoms with E-state index in [1.807, 2.05) is 6.07 Å². The Morgan fingerprint density at radius 1 is 1.26 bits per heavy atom. The number of benzene rings is 1. The van der Waals surface area contributed by atoms with Crippen molar-refractivity contribution in [1.29, 1.82) is 5.41 Å². The maximum atomic E-state index is 14.9. The van der Waals surface area contributed by atoms with Crippen molar-refractivity contribution < 1.29 is 12.8 Å². The third-order valence-electron chi connectivity index (χ3n) is 6.35. The van der Waals surface area contributed by atoms with Crippen LogP contribution in [0, 0.1) is 11.2 Å². The molecule has 1 atom stereocenters. The van der Waals surface area contributed by atoms with Crippen LogP contribution in [-0.2, 0) is 15.4 Å². The minimum absolute atomic E-state index is 0.0445. The van der Waals surface area contributed by atoms with Crippen molar-refractivity contribution in [3.8, 4) is 16.9 Å². The Hall–Kier alpha value is -3.14. The molecule has 2 aliphatic rings. The number of sulfone groups is 1. The molecule has 1 saturated heterocycles. The zero-order chi connectivity index (χ0) is 21.9. The van der Waals surface area contributed by atoms with Crippen LogP contribution in [0.25, 0.3) is 16.9 Å². The molecular formula is C21H21FN6O2S. The summed E-state index contributed by atoms with van der Waals surface area (Å²) < 4.78 is 41.4. The van der Waals surface area contributed by atoms with Crippen molar-refractivity contribution in [2.75, 3.05) is 5.75 Å². The third kappa shape index (κ3) is 2.96. The highest BCUT2D eigenvalue weighted by molar-refractivity contribution is 7.93. The number of nitrogens with zero attached hydrogens (tertiary/aromatic N) is 4. The van der Waals surface area contributed by atoms with Crippen molar-refractivity contribution >= 4 is 15.7 Å². The lowest BCUT2D eigenvalue weighted by atomic mass is 9.81. The Kier molecular flexibility index (Phi) is 4.27. The van der Waals surface area contributed by atoms with Gasteiger partial charge in [-0.1, -0.05) is 5.21 Å². The lowest BCUT2D eigenvalue weighted by Gasteiger charge is -2.50. The molecule has 3 aromatic rings. The SMILES string of the molecule is C[C@@]1(c2cc(-n3cc(-c4cccnc4)nn3)ccc2F)CS(=O)(=O)C2(CCC2)C(=N)N1. The molecule has 0 amide bonds. The third-order valence-corrected chi connectivity index (χ3v) is 9.11. The molecule has 1 aromatic carbocycles. The molecule has 2 fully saturated rings. The fraction of sp³-hybridized carbons (Fsp3) is 0.333. The summed E-state index contributed by atoms with van der Waals surface area (Å²) >= 11 is 0. The number of hydrogen-bond acceptors (Lipinski definition) is 6. The van der Waals surface area contributed by atoms with Gasteiger partial charge in [0, 0.05) is 23.5 Å². The van der Waals surface area contributed by atoms with Crippen LogP contribution >= 0.6 is 0 Å². The van der Waals surface area contributed by atoms with E-state index in [-0.39, 0.29) is 17.2 Å². The van der Waals surface area contributed by atoms with Crippen LogP contribution < -0.4 is 5.32 Å². The van der Waals surface area contributed by atoms with Gasteiger partial charge in [-0.15, -0.1) is 5.10 Å². The van der Waals surface area contributed by atoms with Gasteiger partial charge >= 0.3 is 0 Å². The molecule has 1 spiro atoms. The number of aromatic nitrogens is 4. The largest absolute Gasteiger partial charge is 0.362 e. The summed E-state index contributed by atoms with van der Waals surface area (Å²) in [5.74, 6) is -0.864. The maximum absolute atomic E-state index is 14.9. The molecule has 0 radical (unpaired) electrons. The molecule has 1 aliphatic carbocycles. The summed E-state index contributed by atoms with van der Waals surface area (Å²) in [4.78, 5) is 4.07. The predicted molar refractivity (Wildman–Crippen MR) is 113 cm³/mol. The van der Waals surface area contributed by atoms with Gasteiger partial charge in [-0.2, -0.15) is 0 Å². The molecule has 1 aliphatic heterocycles. The fourth-order valence-electron chi connectivity index (χ4n) is 4.42. The normalized spacial score (nSPS) is 23.9. The molecule has 2 N–H and O–H groups in total. The van der Waals surface area contributed by atoms with Gasteiger partial charge in [0.1, 0.15) is 22.1 Å². The van der Waals surface area contributed by atoms with E-state index >= 15 is 0 Å². The number of amidine groups is 1. The summed E-state index contributed by atoms with van der Waals surface area (Å²) in [6, 6.07) is 8.06. The standard InChI is InChI=1S/C21H21FN6O2S/c1-20(13-31(29,30)21(7-3-8-21)19(23)25-20)16-10-15(5-6-17(16)22)28-12-18(26-27-28)14-4-2-9-24-11-14/h2,4-6,9-12H,3,7-8,13H2,1H3,(H2,23,25)/t20-/m0/s1. The summed E-state index contributed by atoms with van der Waals surface area (Å²) in [5.41, 5.74) is 0.851. The van der Waals surface area contributed by atoms with Gasteiger partial charge in [0.15, 0.2) is 9.84 Å². The molecule has 160 valence electrons. The van der Waals surface area contributed by atoms with Crippen LogP contribution in [0.2, 0.25) is 0 Å². The van der Waals surface area contributed by atoms with Gasteiger partial charge in [-0.3, -0.25) is 10.4 Å². The minimum atomic E-state index is -3.61. The monoisotopic (exact) mass is 440 g/mol. The van der Waals surface area contributed by atoms with Crippen molar-refractivity contribution in [1.82, 2.24) is 25.3 Å². The molecule has 0 unspecified atom stereocenters. The Morgan fingerprint density at radius 2 is 2.06 bits per heavy atom. The highest BCUT2D eigenvalue weighted by Gasteiger charge is 2.59. The van der Waals surface area contributed by atoms with Crippen molar-refractivity contribution in [2.45, 2.75) is 36.5 Å². The van der Waals surface area contributed by atoms with E-state index in [1.165, 1.54) is 10.7 Å². The van der Waals surface area contributed by atoms with E-state index in [2.05, 4.69) is 20.6 Å². The van der Waals surface area contributed by atoms with E-state index in [4.69, 9.17) is 5.41 Å². The first-order valence-corrected chi connectivity index (χ1v) is 11.6. The second kappa shape index (κ2) is 6.68. The molecule has 8 nitrogen and oxygen atoms in total. The molecule has 5 rings (SSSR count).